The molecule has 0 spiro atoms. The van der Waals surface area contributed by atoms with E-state index in [1.165, 1.54) is 12.8 Å². The highest BCUT2D eigenvalue weighted by molar-refractivity contribution is 8.00. The molecule has 1 N–H and O–H groups in total. The standard InChI is InChI=1S/C6H12OS/c1-5-2-3-6(4-7)8-5/h5-7H,2-4H2,1H3. The molecule has 1 aliphatic rings. The lowest BCUT2D eigenvalue weighted by Crippen LogP contribution is -2.01. The van der Waals surface area contributed by atoms with Gasteiger partial charge in [0.1, 0.15) is 0 Å². The number of hydrogen-bond acceptors (Lipinski definition) is 2. The highest BCUT2D eigenvalue weighted by atomic mass is 32.2. The summed E-state index contributed by atoms with van der Waals surface area (Å²) in [4.78, 5) is 0. The quantitative estimate of drug-likeness (QED) is 0.579. The molecule has 1 aliphatic heterocycles. The second kappa shape index (κ2) is 2.74. The van der Waals surface area contributed by atoms with Gasteiger partial charge in [-0.2, -0.15) is 11.8 Å². The molecular formula is C6H12OS. The van der Waals surface area contributed by atoms with Crippen LogP contribution in [0.2, 0.25) is 0 Å². The van der Waals surface area contributed by atoms with Crippen molar-refractivity contribution < 1.29 is 5.11 Å². The Labute approximate surface area is 54.5 Å². The van der Waals surface area contributed by atoms with Gasteiger partial charge in [0.25, 0.3) is 0 Å². The Bertz CT molecular complexity index is 74.9. The normalized spacial score (nSPS) is 38.2. The molecule has 1 heterocycles. The van der Waals surface area contributed by atoms with Gasteiger partial charge in [-0.15, -0.1) is 0 Å². The molecule has 0 bridgehead atoms. The Morgan fingerprint density at radius 2 is 2.38 bits per heavy atom. The Balaban J connectivity index is 2.22. The summed E-state index contributed by atoms with van der Waals surface area (Å²) in [6.07, 6.45) is 2.50. The molecule has 1 nitrogen and oxygen atoms in total. The molecule has 1 fully saturated rings. The molecule has 1 saturated heterocycles. The minimum absolute atomic E-state index is 0.370. The smallest absolute Gasteiger partial charge is 0.0550 e. The van der Waals surface area contributed by atoms with Crippen LogP contribution in [-0.2, 0) is 0 Å². The van der Waals surface area contributed by atoms with Gasteiger partial charge in [-0.1, -0.05) is 6.92 Å². The van der Waals surface area contributed by atoms with Gasteiger partial charge in [-0.05, 0) is 12.8 Å². The first-order valence-corrected chi connectivity index (χ1v) is 4.03. The van der Waals surface area contributed by atoms with E-state index in [2.05, 4.69) is 6.92 Å². The first kappa shape index (κ1) is 6.43. The fourth-order valence-electron chi connectivity index (χ4n) is 1.02. The first-order valence-electron chi connectivity index (χ1n) is 3.09. The fourth-order valence-corrected chi connectivity index (χ4v) is 2.31. The van der Waals surface area contributed by atoms with Crippen LogP contribution < -0.4 is 0 Å². The van der Waals surface area contributed by atoms with Crippen molar-refractivity contribution in [3.8, 4) is 0 Å². The predicted octanol–water partition coefficient (Wildman–Crippen LogP) is 1.26. The number of aliphatic hydroxyl groups is 1. The van der Waals surface area contributed by atoms with Crippen LogP contribution in [0.3, 0.4) is 0 Å². The maximum absolute atomic E-state index is 8.66. The second-order valence-electron chi connectivity index (χ2n) is 2.33. The zero-order valence-electron chi connectivity index (χ0n) is 5.13. The van der Waals surface area contributed by atoms with Gasteiger partial charge in [0, 0.05) is 10.5 Å². The van der Waals surface area contributed by atoms with E-state index in [1.54, 1.807) is 0 Å². The molecule has 0 aliphatic carbocycles. The fraction of sp³-hybridized carbons (Fsp3) is 1.00. The molecule has 0 saturated carbocycles. The zero-order chi connectivity index (χ0) is 5.98. The summed E-state index contributed by atoms with van der Waals surface area (Å²) in [6, 6.07) is 0. The third-order valence-electron chi connectivity index (χ3n) is 1.52. The second-order valence-corrected chi connectivity index (χ2v) is 4.07. The highest BCUT2D eigenvalue weighted by Gasteiger charge is 2.20. The number of thioether (sulfide) groups is 1. The van der Waals surface area contributed by atoms with E-state index in [-0.39, 0.29) is 0 Å². The number of aliphatic hydroxyl groups excluding tert-OH is 1. The van der Waals surface area contributed by atoms with Crippen molar-refractivity contribution in [2.45, 2.75) is 30.3 Å². The van der Waals surface area contributed by atoms with E-state index in [9.17, 15) is 0 Å². The number of rotatable bonds is 1. The van der Waals surface area contributed by atoms with Crippen LogP contribution in [0.15, 0.2) is 0 Å². The summed E-state index contributed by atoms with van der Waals surface area (Å²) < 4.78 is 0. The van der Waals surface area contributed by atoms with Crippen molar-refractivity contribution in [2.75, 3.05) is 6.61 Å². The minimum atomic E-state index is 0.370. The average Bonchev–Trinajstić information content (AvgIpc) is 2.14. The molecule has 0 aromatic heterocycles. The van der Waals surface area contributed by atoms with Crippen LogP contribution in [0, 0.1) is 0 Å². The third kappa shape index (κ3) is 1.39. The Hall–Kier alpha value is 0.310. The van der Waals surface area contributed by atoms with Gasteiger partial charge in [0.2, 0.25) is 0 Å². The Kier molecular flexibility index (Phi) is 2.20. The van der Waals surface area contributed by atoms with Gasteiger partial charge in [-0.3, -0.25) is 0 Å². The van der Waals surface area contributed by atoms with Crippen LogP contribution in [-0.4, -0.2) is 22.2 Å². The monoisotopic (exact) mass is 132 g/mol. The van der Waals surface area contributed by atoms with E-state index in [0.717, 1.165) is 5.25 Å². The largest absolute Gasteiger partial charge is 0.395 e. The molecule has 2 atom stereocenters. The number of hydrogen-bond donors (Lipinski definition) is 1. The van der Waals surface area contributed by atoms with Gasteiger partial charge in [0.05, 0.1) is 6.61 Å². The van der Waals surface area contributed by atoms with Crippen LogP contribution in [0.4, 0.5) is 0 Å². The molecule has 0 radical (unpaired) electrons. The summed E-state index contributed by atoms with van der Waals surface area (Å²) in [6.45, 7) is 2.59. The van der Waals surface area contributed by atoms with Crippen LogP contribution in [0.5, 0.6) is 0 Å². The van der Waals surface area contributed by atoms with Gasteiger partial charge in [-0.25, -0.2) is 0 Å². The van der Waals surface area contributed by atoms with Crippen LogP contribution in [0.25, 0.3) is 0 Å². The van der Waals surface area contributed by atoms with Gasteiger partial charge >= 0.3 is 0 Å². The maximum Gasteiger partial charge on any atom is 0.0550 e. The lowest BCUT2D eigenvalue weighted by atomic mass is 10.2. The Morgan fingerprint density at radius 1 is 1.62 bits per heavy atom. The molecule has 2 unspecified atom stereocenters. The summed E-state index contributed by atoms with van der Waals surface area (Å²) in [5.74, 6) is 0. The van der Waals surface area contributed by atoms with Crippen molar-refractivity contribution in [3.63, 3.8) is 0 Å². The maximum atomic E-state index is 8.66. The topological polar surface area (TPSA) is 20.2 Å². The third-order valence-corrected chi connectivity index (χ3v) is 2.99. The van der Waals surface area contributed by atoms with Crippen molar-refractivity contribution in [2.24, 2.45) is 0 Å². The van der Waals surface area contributed by atoms with E-state index >= 15 is 0 Å². The summed E-state index contributed by atoms with van der Waals surface area (Å²) in [5.41, 5.74) is 0. The van der Waals surface area contributed by atoms with E-state index in [1.807, 2.05) is 11.8 Å². The lowest BCUT2D eigenvalue weighted by Gasteiger charge is -2.01. The van der Waals surface area contributed by atoms with Gasteiger partial charge in [0.15, 0.2) is 0 Å². The molecule has 0 amide bonds. The van der Waals surface area contributed by atoms with E-state index < -0.39 is 0 Å². The summed E-state index contributed by atoms with van der Waals surface area (Å²) >= 11 is 1.92. The highest BCUT2D eigenvalue weighted by Crippen LogP contribution is 2.32. The lowest BCUT2D eigenvalue weighted by molar-refractivity contribution is 0.292. The molecule has 0 aromatic carbocycles. The molecule has 2 heteroatoms. The molecule has 0 aromatic rings. The van der Waals surface area contributed by atoms with Crippen LogP contribution >= 0.6 is 11.8 Å². The van der Waals surface area contributed by atoms with E-state index in [0.29, 0.717) is 11.9 Å². The first-order chi connectivity index (χ1) is 3.83. The molecule has 1 rings (SSSR count). The summed E-state index contributed by atoms with van der Waals surface area (Å²) in [5, 5.41) is 9.99. The van der Waals surface area contributed by atoms with Crippen molar-refractivity contribution in [1.82, 2.24) is 0 Å². The van der Waals surface area contributed by atoms with Crippen molar-refractivity contribution in [1.29, 1.82) is 0 Å². The van der Waals surface area contributed by atoms with Gasteiger partial charge < -0.3 is 5.11 Å². The minimum Gasteiger partial charge on any atom is -0.395 e. The Morgan fingerprint density at radius 3 is 2.62 bits per heavy atom. The summed E-state index contributed by atoms with van der Waals surface area (Å²) in [7, 11) is 0. The molecule has 48 valence electrons. The van der Waals surface area contributed by atoms with E-state index in [4.69, 9.17) is 5.11 Å². The zero-order valence-corrected chi connectivity index (χ0v) is 5.95. The molecular weight excluding hydrogens is 120 g/mol. The predicted molar refractivity (Wildman–Crippen MR) is 37.2 cm³/mol. The SMILES string of the molecule is CC1CCC(CO)S1. The molecule has 8 heavy (non-hydrogen) atoms. The average molecular weight is 132 g/mol. The van der Waals surface area contributed by atoms with Crippen LogP contribution in [0.1, 0.15) is 19.8 Å². The van der Waals surface area contributed by atoms with Crippen molar-refractivity contribution in [3.05, 3.63) is 0 Å². The van der Waals surface area contributed by atoms with Crippen molar-refractivity contribution >= 4 is 11.8 Å².